The van der Waals surface area contributed by atoms with Crippen LogP contribution in [-0.2, 0) is 0 Å². The number of benzene rings is 2. The van der Waals surface area contributed by atoms with E-state index in [-0.39, 0.29) is 17.1 Å². The number of aromatic nitrogens is 1. The van der Waals surface area contributed by atoms with E-state index in [0.717, 1.165) is 5.39 Å². The molecule has 3 rings (SSSR count). The molecule has 0 radical (unpaired) electrons. The first kappa shape index (κ1) is 18.5. The average molecular weight is 383 g/mol. The summed E-state index contributed by atoms with van der Waals surface area (Å²) < 4.78 is 13.3. The maximum absolute atomic E-state index is 13.3. The summed E-state index contributed by atoms with van der Waals surface area (Å²) in [6.07, 6.45) is 3.10. The molecular formula is C20H16ClFN4O. The summed E-state index contributed by atoms with van der Waals surface area (Å²) in [7, 11) is 1.51. The zero-order valence-electron chi connectivity index (χ0n) is 14.4. The topological polar surface area (TPSA) is 80.4 Å². The molecule has 0 bridgehead atoms. The lowest BCUT2D eigenvalue weighted by atomic mass is 10.1. The SMILES string of the molecule is CN=C(/C=C(\N)c1cccc(F)c1)NC(=O)c1cc2ncccc2cc1Cl. The van der Waals surface area contributed by atoms with E-state index in [1.54, 1.807) is 36.5 Å². The highest BCUT2D eigenvalue weighted by molar-refractivity contribution is 6.35. The van der Waals surface area contributed by atoms with E-state index < -0.39 is 11.7 Å². The normalized spacial score (nSPS) is 12.3. The Bertz CT molecular complexity index is 1080. The molecule has 2 aromatic carbocycles. The third kappa shape index (κ3) is 4.30. The summed E-state index contributed by atoms with van der Waals surface area (Å²) in [6, 6.07) is 12.8. The fourth-order valence-electron chi connectivity index (χ4n) is 2.51. The molecule has 0 aliphatic rings. The van der Waals surface area contributed by atoms with Crippen molar-refractivity contribution in [3.63, 3.8) is 0 Å². The van der Waals surface area contributed by atoms with Crippen LogP contribution in [0.15, 0.2) is 65.8 Å². The zero-order valence-corrected chi connectivity index (χ0v) is 15.2. The number of nitrogens with two attached hydrogens (primary N) is 1. The van der Waals surface area contributed by atoms with Gasteiger partial charge >= 0.3 is 0 Å². The molecule has 0 aliphatic heterocycles. The van der Waals surface area contributed by atoms with Gasteiger partial charge in [0.05, 0.1) is 16.1 Å². The fraction of sp³-hybridized carbons (Fsp3) is 0.0500. The largest absolute Gasteiger partial charge is 0.398 e. The van der Waals surface area contributed by atoms with E-state index in [4.69, 9.17) is 17.3 Å². The molecule has 0 atom stereocenters. The van der Waals surface area contributed by atoms with Crippen LogP contribution in [0.4, 0.5) is 4.39 Å². The molecule has 0 aliphatic carbocycles. The molecule has 0 saturated carbocycles. The number of hydrogen-bond acceptors (Lipinski definition) is 4. The van der Waals surface area contributed by atoms with Crippen LogP contribution in [0, 0.1) is 5.82 Å². The molecule has 1 amide bonds. The number of carbonyl (C=O) groups is 1. The second-order valence-electron chi connectivity index (χ2n) is 5.70. The van der Waals surface area contributed by atoms with Crippen LogP contribution in [0.3, 0.4) is 0 Å². The second kappa shape index (κ2) is 7.97. The van der Waals surface area contributed by atoms with Gasteiger partial charge in [-0.1, -0.05) is 29.8 Å². The molecule has 0 fully saturated rings. The van der Waals surface area contributed by atoms with Crippen molar-refractivity contribution in [1.29, 1.82) is 0 Å². The number of fused-ring (bicyclic) bond motifs is 1. The highest BCUT2D eigenvalue weighted by Gasteiger charge is 2.14. The average Bonchev–Trinajstić information content (AvgIpc) is 2.66. The number of hydrogen-bond donors (Lipinski definition) is 2. The lowest BCUT2D eigenvalue weighted by Gasteiger charge is -2.09. The Labute approximate surface area is 160 Å². The Morgan fingerprint density at radius 3 is 2.81 bits per heavy atom. The molecule has 1 aromatic heterocycles. The van der Waals surface area contributed by atoms with E-state index in [1.807, 2.05) is 6.07 Å². The standard InChI is InChI=1S/C20H16ClFN4O/c1-24-19(11-17(23)12-4-2-6-14(22)8-12)26-20(27)15-10-18-13(9-16(15)21)5-3-7-25-18/h2-11H,23H2,1H3,(H,24,26,27)/b17-11-. The molecule has 3 N–H and O–H groups in total. The van der Waals surface area contributed by atoms with Gasteiger partial charge in [-0.15, -0.1) is 0 Å². The van der Waals surface area contributed by atoms with Crippen molar-refractivity contribution >= 4 is 39.9 Å². The van der Waals surface area contributed by atoms with Crippen molar-refractivity contribution in [2.45, 2.75) is 0 Å². The lowest BCUT2D eigenvalue weighted by Crippen LogP contribution is -2.30. The number of halogens is 2. The number of pyridine rings is 1. The number of nitrogens with one attached hydrogen (secondary N) is 1. The van der Waals surface area contributed by atoms with E-state index in [9.17, 15) is 9.18 Å². The molecule has 1 heterocycles. The second-order valence-corrected chi connectivity index (χ2v) is 6.11. The van der Waals surface area contributed by atoms with Crippen LogP contribution in [0.25, 0.3) is 16.6 Å². The van der Waals surface area contributed by atoms with Crippen molar-refractivity contribution in [2.75, 3.05) is 7.05 Å². The van der Waals surface area contributed by atoms with Crippen LogP contribution in [0.5, 0.6) is 0 Å². The molecule has 0 unspecified atom stereocenters. The van der Waals surface area contributed by atoms with Crippen LogP contribution < -0.4 is 11.1 Å². The smallest absolute Gasteiger partial charge is 0.258 e. The molecule has 7 heteroatoms. The summed E-state index contributed by atoms with van der Waals surface area (Å²) in [5.41, 5.74) is 7.65. The summed E-state index contributed by atoms with van der Waals surface area (Å²) >= 11 is 6.23. The Hall–Kier alpha value is -3.25. The van der Waals surface area contributed by atoms with Gasteiger partial charge in [0, 0.05) is 36.0 Å². The van der Waals surface area contributed by atoms with Crippen molar-refractivity contribution in [2.24, 2.45) is 10.7 Å². The van der Waals surface area contributed by atoms with Gasteiger partial charge in [-0.3, -0.25) is 14.8 Å². The summed E-state index contributed by atoms with van der Waals surface area (Å²) in [5.74, 6) is -0.631. The van der Waals surface area contributed by atoms with Crippen molar-refractivity contribution in [1.82, 2.24) is 10.3 Å². The van der Waals surface area contributed by atoms with Gasteiger partial charge in [0.15, 0.2) is 0 Å². The number of carbonyl (C=O) groups excluding carboxylic acids is 1. The summed E-state index contributed by atoms with van der Waals surface area (Å²) in [5, 5.41) is 3.78. The Morgan fingerprint density at radius 1 is 1.26 bits per heavy atom. The first-order valence-electron chi connectivity index (χ1n) is 8.03. The van der Waals surface area contributed by atoms with Gasteiger partial charge in [-0.2, -0.15) is 0 Å². The molecule has 0 spiro atoms. The van der Waals surface area contributed by atoms with Crippen LogP contribution in [0.1, 0.15) is 15.9 Å². The van der Waals surface area contributed by atoms with Gasteiger partial charge in [-0.25, -0.2) is 4.39 Å². The number of aliphatic imine (C=N–C) groups is 1. The predicted octanol–water partition coefficient (Wildman–Crippen LogP) is 3.79. The van der Waals surface area contributed by atoms with E-state index in [2.05, 4.69) is 15.3 Å². The van der Waals surface area contributed by atoms with Crippen LogP contribution in [-0.4, -0.2) is 23.8 Å². The molecule has 136 valence electrons. The summed E-state index contributed by atoms with van der Waals surface area (Å²) in [6.45, 7) is 0. The van der Waals surface area contributed by atoms with Gasteiger partial charge in [0.2, 0.25) is 0 Å². The first-order valence-corrected chi connectivity index (χ1v) is 8.41. The van der Waals surface area contributed by atoms with Gasteiger partial charge in [0.25, 0.3) is 5.91 Å². The fourth-order valence-corrected chi connectivity index (χ4v) is 2.76. The third-order valence-electron chi connectivity index (χ3n) is 3.87. The van der Waals surface area contributed by atoms with Crippen molar-refractivity contribution < 1.29 is 9.18 Å². The van der Waals surface area contributed by atoms with Gasteiger partial charge in [0.1, 0.15) is 11.7 Å². The quantitative estimate of drug-likeness (QED) is 0.534. The number of nitrogens with zero attached hydrogens (tertiary/aromatic N) is 2. The molecule has 3 aromatic rings. The van der Waals surface area contributed by atoms with Crippen molar-refractivity contribution in [3.05, 3.63) is 82.8 Å². The van der Waals surface area contributed by atoms with Crippen LogP contribution in [0.2, 0.25) is 5.02 Å². The number of rotatable bonds is 3. The number of amides is 1. The van der Waals surface area contributed by atoms with Gasteiger partial charge in [-0.05, 0) is 30.3 Å². The minimum atomic E-state index is -0.448. The Kier molecular flexibility index (Phi) is 5.47. The lowest BCUT2D eigenvalue weighted by molar-refractivity contribution is 0.0977. The molecule has 5 nitrogen and oxygen atoms in total. The molecular weight excluding hydrogens is 367 g/mol. The maximum atomic E-state index is 13.3. The van der Waals surface area contributed by atoms with E-state index in [1.165, 1.54) is 25.3 Å². The molecule has 0 saturated heterocycles. The first-order chi connectivity index (χ1) is 13.0. The highest BCUT2D eigenvalue weighted by Crippen LogP contribution is 2.22. The minimum Gasteiger partial charge on any atom is -0.398 e. The predicted molar refractivity (Wildman–Crippen MR) is 106 cm³/mol. The van der Waals surface area contributed by atoms with E-state index in [0.29, 0.717) is 16.1 Å². The van der Waals surface area contributed by atoms with E-state index >= 15 is 0 Å². The minimum absolute atomic E-state index is 0.221. The Morgan fingerprint density at radius 2 is 2.07 bits per heavy atom. The highest BCUT2D eigenvalue weighted by atomic mass is 35.5. The zero-order chi connectivity index (χ0) is 19.4. The third-order valence-corrected chi connectivity index (χ3v) is 4.18. The monoisotopic (exact) mass is 382 g/mol. The van der Waals surface area contributed by atoms with Crippen molar-refractivity contribution in [3.8, 4) is 0 Å². The van der Waals surface area contributed by atoms with Crippen LogP contribution >= 0.6 is 11.6 Å². The number of amidine groups is 1. The maximum Gasteiger partial charge on any atom is 0.258 e. The Balaban J connectivity index is 1.85. The molecule has 27 heavy (non-hydrogen) atoms. The van der Waals surface area contributed by atoms with Gasteiger partial charge < -0.3 is 11.1 Å². The summed E-state index contributed by atoms with van der Waals surface area (Å²) in [4.78, 5) is 20.9.